The molecule has 1 unspecified atom stereocenters. The van der Waals surface area contributed by atoms with Crippen molar-refractivity contribution in [3.8, 4) is 0 Å². The molecule has 0 aromatic carbocycles. The van der Waals surface area contributed by atoms with Crippen LogP contribution in [0.1, 0.15) is 12.6 Å². The highest BCUT2D eigenvalue weighted by molar-refractivity contribution is 4.81. The molecule has 3 N–H and O–H groups in total. The summed E-state index contributed by atoms with van der Waals surface area (Å²) in [5, 5.41) is 21.9. The summed E-state index contributed by atoms with van der Waals surface area (Å²) in [7, 11) is 0. The number of aliphatic hydroxyl groups excluding tert-OH is 2. The minimum Gasteiger partial charge on any atom is -0.394 e. The van der Waals surface area contributed by atoms with Crippen LogP contribution < -0.4 is 11.2 Å². The molecule has 0 radical (unpaired) electrons. The molecule has 8 nitrogen and oxygen atoms in total. The van der Waals surface area contributed by atoms with Crippen LogP contribution in [0.4, 0.5) is 0 Å². The van der Waals surface area contributed by atoms with E-state index in [0.717, 1.165) is 10.9 Å². The topological polar surface area (TPSA) is 117 Å². The standard InChI is InChI=1S/C8H11N3O5/c12-3-5-4(13)1-7(16-5)11-8(15)10-6(14)2-9-11/h2,4-5,7,12-13H,1,3H2,(H,10,14,15)/t4?,5-,7-/m1/s1. The molecule has 2 heterocycles. The zero-order valence-electron chi connectivity index (χ0n) is 8.24. The highest BCUT2D eigenvalue weighted by Crippen LogP contribution is 2.26. The minimum absolute atomic E-state index is 0.143. The lowest BCUT2D eigenvalue weighted by molar-refractivity contribution is -0.0506. The lowest BCUT2D eigenvalue weighted by Crippen LogP contribution is -2.34. The SMILES string of the molecule is O=c1cnn([C@H]2CC(O)[C@@H](CO)O2)c(=O)[nH]1. The average Bonchev–Trinajstić information content (AvgIpc) is 2.59. The van der Waals surface area contributed by atoms with Crippen LogP contribution in [0.2, 0.25) is 0 Å². The fourth-order valence-corrected chi connectivity index (χ4v) is 1.60. The molecule has 88 valence electrons. The van der Waals surface area contributed by atoms with Gasteiger partial charge in [0, 0.05) is 6.42 Å². The van der Waals surface area contributed by atoms with Crippen molar-refractivity contribution in [2.24, 2.45) is 0 Å². The molecule has 1 fully saturated rings. The summed E-state index contributed by atoms with van der Waals surface area (Å²) >= 11 is 0. The molecule has 1 saturated heterocycles. The Morgan fingerprint density at radius 2 is 2.38 bits per heavy atom. The lowest BCUT2D eigenvalue weighted by Gasteiger charge is -2.12. The van der Waals surface area contributed by atoms with Gasteiger partial charge in [-0.15, -0.1) is 0 Å². The number of ether oxygens (including phenoxy) is 1. The molecule has 0 bridgehead atoms. The zero-order chi connectivity index (χ0) is 11.7. The van der Waals surface area contributed by atoms with Gasteiger partial charge in [0.15, 0.2) is 6.23 Å². The summed E-state index contributed by atoms with van der Waals surface area (Å²) < 4.78 is 6.14. The average molecular weight is 229 g/mol. The fourth-order valence-electron chi connectivity index (χ4n) is 1.60. The van der Waals surface area contributed by atoms with Gasteiger partial charge in [-0.25, -0.2) is 4.79 Å². The third-order valence-electron chi connectivity index (χ3n) is 2.39. The first-order valence-corrected chi connectivity index (χ1v) is 4.74. The maximum Gasteiger partial charge on any atom is 0.347 e. The largest absolute Gasteiger partial charge is 0.394 e. The number of rotatable bonds is 2. The second-order valence-corrected chi connectivity index (χ2v) is 3.50. The van der Waals surface area contributed by atoms with Crippen molar-refractivity contribution >= 4 is 0 Å². The number of aliphatic hydroxyl groups is 2. The van der Waals surface area contributed by atoms with E-state index in [-0.39, 0.29) is 13.0 Å². The zero-order valence-corrected chi connectivity index (χ0v) is 8.24. The Hall–Kier alpha value is -1.51. The van der Waals surface area contributed by atoms with Gasteiger partial charge in [0.25, 0.3) is 5.56 Å². The molecule has 8 heteroatoms. The van der Waals surface area contributed by atoms with Crippen molar-refractivity contribution in [3.05, 3.63) is 27.0 Å². The van der Waals surface area contributed by atoms with E-state index < -0.39 is 29.7 Å². The highest BCUT2D eigenvalue weighted by atomic mass is 16.5. The molecule has 0 spiro atoms. The Bertz CT molecular complexity index is 481. The Kier molecular flexibility index (Phi) is 2.86. The van der Waals surface area contributed by atoms with E-state index >= 15 is 0 Å². The molecule has 2 rings (SSSR count). The molecule has 0 saturated carbocycles. The maximum atomic E-state index is 11.3. The number of aromatic amines is 1. The number of H-pyrrole nitrogens is 1. The normalized spacial score (nSPS) is 29.5. The van der Waals surface area contributed by atoms with E-state index in [1.54, 1.807) is 0 Å². The van der Waals surface area contributed by atoms with Crippen molar-refractivity contribution < 1.29 is 14.9 Å². The number of nitrogens with zero attached hydrogens (tertiary/aromatic N) is 2. The third kappa shape index (κ3) is 1.90. The van der Waals surface area contributed by atoms with Crippen LogP contribution in [0.25, 0.3) is 0 Å². The summed E-state index contributed by atoms with van der Waals surface area (Å²) in [5.74, 6) is 0. The summed E-state index contributed by atoms with van der Waals surface area (Å²) in [6, 6.07) is 0. The van der Waals surface area contributed by atoms with Crippen molar-refractivity contribution in [1.29, 1.82) is 0 Å². The summed E-state index contributed by atoms with van der Waals surface area (Å²) in [5.41, 5.74) is -1.30. The second kappa shape index (κ2) is 4.16. The van der Waals surface area contributed by atoms with Gasteiger partial charge >= 0.3 is 5.69 Å². The molecule has 1 aliphatic rings. The number of aromatic nitrogens is 3. The van der Waals surface area contributed by atoms with Gasteiger partial charge in [0.1, 0.15) is 12.3 Å². The van der Waals surface area contributed by atoms with Crippen LogP contribution in [0, 0.1) is 0 Å². The first-order chi connectivity index (χ1) is 7.61. The molecule has 1 aliphatic heterocycles. The van der Waals surface area contributed by atoms with Crippen molar-refractivity contribution in [1.82, 2.24) is 14.8 Å². The Balaban J connectivity index is 2.27. The van der Waals surface area contributed by atoms with Gasteiger partial charge in [-0.2, -0.15) is 9.78 Å². The molecule has 16 heavy (non-hydrogen) atoms. The van der Waals surface area contributed by atoms with Crippen molar-refractivity contribution in [3.63, 3.8) is 0 Å². The summed E-state index contributed by atoms with van der Waals surface area (Å²) in [6.07, 6.45) is -1.26. The van der Waals surface area contributed by atoms with E-state index in [1.807, 2.05) is 4.98 Å². The van der Waals surface area contributed by atoms with Crippen molar-refractivity contribution in [2.75, 3.05) is 6.61 Å². The van der Waals surface area contributed by atoms with Gasteiger partial charge < -0.3 is 14.9 Å². The Morgan fingerprint density at radius 1 is 1.62 bits per heavy atom. The van der Waals surface area contributed by atoms with Crippen LogP contribution >= 0.6 is 0 Å². The number of hydrogen-bond donors (Lipinski definition) is 3. The first-order valence-electron chi connectivity index (χ1n) is 4.74. The van der Waals surface area contributed by atoms with Crippen LogP contribution in [0.5, 0.6) is 0 Å². The molecular formula is C8H11N3O5. The third-order valence-corrected chi connectivity index (χ3v) is 2.39. The lowest BCUT2D eigenvalue weighted by atomic mass is 10.2. The van der Waals surface area contributed by atoms with E-state index in [9.17, 15) is 14.7 Å². The van der Waals surface area contributed by atoms with Gasteiger partial charge in [-0.3, -0.25) is 9.78 Å². The van der Waals surface area contributed by atoms with Crippen LogP contribution in [0.15, 0.2) is 15.8 Å². The predicted molar refractivity (Wildman–Crippen MR) is 50.7 cm³/mol. The number of nitrogens with one attached hydrogen (secondary N) is 1. The second-order valence-electron chi connectivity index (χ2n) is 3.50. The van der Waals surface area contributed by atoms with Gasteiger partial charge in [-0.1, -0.05) is 0 Å². The molecule has 0 amide bonds. The monoisotopic (exact) mass is 229 g/mol. The van der Waals surface area contributed by atoms with Crippen LogP contribution in [-0.2, 0) is 4.74 Å². The van der Waals surface area contributed by atoms with Crippen LogP contribution in [0.3, 0.4) is 0 Å². The molecular weight excluding hydrogens is 218 g/mol. The Labute approximate surface area is 89.1 Å². The van der Waals surface area contributed by atoms with Crippen LogP contribution in [-0.4, -0.2) is 43.8 Å². The fraction of sp³-hybridized carbons (Fsp3) is 0.625. The Morgan fingerprint density at radius 3 is 2.94 bits per heavy atom. The summed E-state index contributed by atoms with van der Waals surface area (Å²) in [6.45, 7) is -0.338. The molecule has 0 aliphatic carbocycles. The number of hydrogen-bond acceptors (Lipinski definition) is 6. The van der Waals surface area contributed by atoms with E-state index in [0.29, 0.717) is 0 Å². The van der Waals surface area contributed by atoms with Gasteiger partial charge in [0.05, 0.1) is 12.7 Å². The van der Waals surface area contributed by atoms with E-state index in [1.165, 1.54) is 0 Å². The van der Waals surface area contributed by atoms with Gasteiger partial charge in [0.2, 0.25) is 0 Å². The molecule has 1 aromatic heterocycles. The minimum atomic E-state index is -0.851. The highest BCUT2D eigenvalue weighted by Gasteiger charge is 2.35. The molecule has 1 aromatic rings. The quantitative estimate of drug-likeness (QED) is 0.519. The first kappa shape index (κ1) is 11.0. The van der Waals surface area contributed by atoms with E-state index in [4.69, 9.17) is 9.84 Å². The molecule has 3 atom stereocenters. The van der Waals surface area contributed by atoms with Gasteiger partial charge in [-0.05, 0) is 0 Å². The predicted octanol–water partition coefficient (Wildman–Crippen LogP) is -2.43. The maximum absolute atomic E-state index is 11.3. The smallest absolute Gasteiger partial charge is 0.347 e. The van der Waals surface area contributed by atoms with E-state index in [2.05, 4.69) is 5.10 Å². The van der Waals surface area contributed by atoms with Crippen molar-refractivity contribution in [2.45, 2.75) is 24.9 Å². The summed E-state index contributed by atoms with van der Waals surface area (Å²) in [4.78, 5) is 24.2.